The van der Waals surface area contributed by atoms with Crippen LogP contribution in [0.3, 0.4) is 0 Å². The molecular weight excluding hydrogens is 206 g/mol. The number of nitrogen functional groups attached to an aromatic ring is 1. The Balaban J connectivity index is 2.31. The third-order valence-electron chi connectivity index (χ3n) is 2.26. The fourth-order valence-electron chi connectivity index (χ4n) is 1.54. The molecule has 0 spiro atoms. The molecule has 84 valence electrons. The molecule has 0 atom stereocenters. The summed E-state index contributed by atoms with van der Waals surface area (Å²) < 4.78 is 6.60. The highest BCUT2D eigenvalue weighted by Crippen LogP contribution is 2.15. The van der Waals surface area contributed by atoms with Gasteiger partial charge in [0, 0.05) is 6.20 Å². The van der Waals surface area contributed by atoms with Gasteiger partial charge >= 0.3 is 5.97 Å². The van der Waals surface area contributed by atoms with Crippen molar-refractivity contribution in [3.8, 4) is 0 Å². The van der Waals surface area contributed by atoms with Crippen LogP contribution in [0.2, 0.25) is 0 Å². The lowest BCUT2D eigenvalue weighted by atomic mass is 10.3. The van der Waals surface area contributed by atoms with Crippen LogP contribution >= 0.6 is 0 Å². The Morgan fingerprint density at radius 2 is 2.38 bits per heavy atom. The van der Waals surface area contributed by atoms with Gasteiger partial charge in [-0.3, -0.25) is 9.20 Å². The first-order valence-electron chi connectivity index (χ1n) is 5.09. The number of nitrogens with zero attached hydrogens (tertiary/aromatic N) is 2. The van der Waals surface area contributed by atoms with Gasteiger partial charge in [-0.1, -0.05) is 6.07 Å². The number of carbonyl (C=O) groups excluding carboxylic acids is 1. The largest absolute Gasteiger partial charge is 0.466 e. The molecule has 0 aliphatic heterocycles. The van der Waals surface area contributed by atoms with Crippen molar-refractivity contribution in [2.45, 2.75) is 13.3 Å². The van der Waals surface area contributed by atoms with Crippen molar-refractivity contribution in [3.05, 3.63) is 30.1 Å². The third kappa shape index (κ3) is 1.84. The number of hydrogen-bond donors (Lipinski definition) is 1. The van der Waals surface area contributed by atoms with Crippen molar-refractivity contribution >= 4 is 17.4 Å². The fourth-order valence-corrected chi connectivity index (χ4v) is 1.54. The van der Waals surface area contributed by atoms with E-state index in [1.165, 1.54) is 0 Å². The number of carbonyl (C=O) groups is 1. The van der Waals surface area contributed by atoms with Crippen molar-refractivity contribution < 1.29 is 9.53 Å². The molecule has 5 nitrogen and oxygen atoms in total. The molecule has 0 aliphatic carbocycles. The lowest BCUT2D eigenvalue weighted by Gasteiger charge is -1.99. The third-order valence-corrected chi connectivity index (χ3v) is 2.26. The molecule has 0 bridgehead atoms. The minimum atomic E-state index is -0.308. The van der Waals surface area contributed by atoms with Gasteiger partial charge in [-0.2, -0.15) is 0 Å². The van der Waals surface area contributed by atoms with Gasteiger partial charge in [0.1, 0.15) is 11.5 Å². The predicted molar refractivity (Wildman–Crippen MR) is 59.9 cm³/mol. The SMILES string of the molecule is CCOC(=O)Cc1nc2ccccn2c1N. The summed E-state index contributed by atoms with van der Waals surface area (Å²) >= 11 is 0. The lowest BCUT2D eigenvalue weighted by Crippen LogP contribution is -2.09. The van der Waals surface area contributed by atoms with Crippen LogP contribution in [0.4, 0.5) is 5.82 Å². The summed E-state index contributed by atoms with van der Waals surface area (Å²) in [4.78, 5) is 15.6. The quantitative estimate of drug-likeness (QED) is 0.782. The van der Waals surface area contributed by atoms with Gasteiger partial charge in [-0.15, -0.1) is 0 Å². The maximum atomic E-state index is 11.3. The van der Waals surface area contributed by atoms with Crippen LogP contribution in [0.5, 0.6) is 0 Å². The van der Waals surface area contributed by atoms with Crippen LogP contribution in [0.15, 0.2) is 24.4 Å². The zero-order valence-electron chi connectivity index (χ0n) is 9.01. The summed E-state index contributed by atoms with van der Waals surface area (Å²) in [6.07, 6.45) is 1.92. The Bertz CT molecular complexity index is 519. The van der Waals surface area contributed by atoms with Crippen LogP contribution in [-0.4, -0.2) is 22.0 Å². The smallest absolute Gasteiger partial charge is 0.312 e. The number of esters is 1. The van der Waals surface area contributed by atoms with Crippen molar-refractivity contribution in [2.24, 2.45) is 0 Å². The Labute approximate surface area is 92.8 Å². The van der Waals surface area contributed by atoms with Crippen LogP contribution in [0.1, 0.15) is 12.6 Å². The molecule has 16 heavy (non-hydrogen) atoms. The molecular formula is C11H13N3O2. The molecule has 2 heterocycles. The van der Waals surface area contributed by atoms with Crippen molar-refractivity contribution in [3.63, 3.8) is 0 Å². The van der Waals surface area contributed by atoms with E-state index >= 15 is 0 Å². The average molecular weight is 219 g/mol. The molecule has 2 aromatic rings. The molecule has 2 N–H and O–H groups in total. The van der Waals surface area contributed by atoms with E-state index in [9.17, 15) is 4.79 Å². The fraction of sp³-hybridized carbons (Fsp3) is 0.273. The number of fused-ring (bicyclic) bond motifs is 1. The first-order valence-corrected chi connectivity index (χ1v) is 5.09. The molecule has 0 saturated carbocycles. The normalized spacial score (nSPS) is 10.6. The van der Waals surface area contributed by atoms with E-state index in [2.05, 4.69) is 4.98 Å². The molecule has 0 aliphatic rings. The van der Waals surface area contributed by atoms with E-state index in [1.54, 1.807) is 11.3 Å². The van der Waals surface area contributed by atoms with E-state index in [-0.39, 0.29) is 12.4 Å². The number of rotatable bonds is 3. The molecule has 0 saturated heterocycles. The molecule has 0 unspecified atom stereocenters. The number of pyridine rings is 1. The van der Waals surface area contributed by atoms with E-state index in [0.717, 1.165) is 5.65 Å². The second kappa shape index (κ2) is 4.22. The van der Waals surface area contributed by atoms with Gasteiger partial charge in [0.25, 0.3) is 0 Å². The molecule has 2 rings (SSSR count). The highest BCUT2D eigenvalue weighted by atomic mass is 16.5. The highest BCUT2D eigenvalue weighted by molar-refractivity contribution is 5.74. The summed E-state index contributed by atoms with van der Waals surface area (Å²) in [5, 5.41) is 0. The van der Waals surface area contributed by atoms with E-state index in [1.807, 2.05) is 24.4 Å². The van der Waals surface area contributed by atoms with Gasteiger partial charge in [-0.05, 0) is 19.1 Å². The van der Waals surface area contributed by atoms with Gasteiger partial charge in [0.15, 0.2) is 0 Å². The van der Waals surface area contributed by atoms with Crippen molar-refractivity contribution in [1.82, 2.24) is 9.38 Å². The highest BCUT2D eigenvalue weighted by Gasteiger charge is 2.13. The summed E-state index contributed by atoms with van der Waals surface area (Å²) in [5.74, 6) is 0.182. The van der Waals surface area contributed by atoms with Crippen LogP contribution in [-0.2, 0) is 16.0 Å². The van der Waals surface area contributed by atoms with Crippen molar-refractivity contribution in [2.75, 3.05) is 12.3 Å². The maximum Gasteiger partial charge on any atom is 0.312 e. The topological polar surface area (TPSA) is 69.6 Å². The van der Waals surface area contributed by atoms with E-state index < -0.39 is 0 Å². The number of hydrogen-bond acceptors (Lipinski definition) is 4. The van der Waals surface area contributed by atoms with Crippen molar-refractivity contribution in [1.29, 1.82) is 0 Å². The van der Waals surface area contributed by atoms with Crippen LogP contribution in [0.25, 0.3) is 5.65 Å². The monoisotopic (exact) mass is 219 g/mol. The Morgan fingerprint density at radius 1 is 1.56 bits per heavy atom. The Hall–Kier alpha value is -2.04. The zero-order chi connectivity index (χ0) is 11.5. The summed E-state index contributed by atoms with van der Waals surface area (Å²) in [7, 11) is 0. The predicted octanol–water partition coefficient (Wildman–Crippen LogP) is 1.02. The minimum Gasteiger partial charge on any atom is -0.466 e. The van der Waals surface area contributed by atoms with Gasteiger partial charge < -0.3 is 10.5 Å². The number of anilines is 1. The molecule has 5 heteroatoms. The van der Waals surface area contributed by atoms with Gasteiger partial charge in [-0.25, -0.2) is 4.98 Å². The van der Waals surface area contributed by atoms with Crippen LogP contribution in [0, 0.1) is 0 Å². The molecule has 0 fully saturated rings. The Morgan fingerprint density at radius 3 is 3.06 bits per heavy atom. The summed E-state index contributed by atoms with van der Waals surface area (Å²) in [5.41, 5.74) is 7.17. The van der Waals surface area contributed by atoms with Gasteiger partial charge in [0.05, 0.1) is 18.7 Å². The number of ether oxygens (including phenoxy) is 1. The summed E-state index contributed by atoms with van der Waals surface area (Å²) in [6.45, 7) is 2.14. The van der Waals surface area contributed by atoms with Crippen LogP contribution < -0.4 is 5.73 Å². The minimum absolute atomic E-state index is 0.112. The van der Waals surface area contributed by atoms with E-state index in [4.69, 9.17) is 10.5 Å². The first kappa shape index (κ1) is 10.5. The first-order chi connectivity index (χ1) is 7.72. The van der Waals surface area contributed by atoms with E-state index in [0.29, 0.717) is 18.1 Å². The molecule has 0 amide bonds. The second-order valence-corrected chi connectivity index (χ2v) is 3.35. The standard InChI is InChI=1S/C11H13N3O2/c1-2-16-10(15)7-8-11(12)14-6-4-3-5-9(14)13-8/h3-6H,2,7,12H2,1H3. The number of nitrogens with two attached hydrogens (primary N) is 1. The zero-order valence-corrected chi connectivity index (χ0v) is 9.01. The molecule has 0 aromatic carbocycles. The Kier molecular flexibility index (Phi) is 2.76. The second-order valence-electron chi connectivity index (χ2n) is 3.35. The lowest BCUT2D eigenvalue weighted by molar-refractivity contribution is -0.142. The number of imidazole rings is 1. The van der Waals surface area contributed by atoms with Gasteiger partial charge in [0.2, 0.25) is 0 Å². The average Bonchev–Trinajstić information content (AvgIpc) is 2.57. The number of aromatic nitrogens is 2. The maximum absolute atomic E-state index is 11.3. The summed E-state index contributed by atoms with van der Waals surface area (Å²) in [6, 6.07) is 5.57. The molecule has 0 radical (unpaired) electrons. The molecule has 2 aromatic heterocycles.